The van der Waals surface area contributed by atoms with E-state index < -0.39 is 0 Å². The van der Waals surface area contributed by atoms with Crippen LogP contribution in [0, 0.1) is 13.8 Å². The second kappa shape index (κ2) is 7.46. The van der Waals surface area contributed by atoms with Crippen LogP contribution >= 0.6 is 0 Å². The summed E-state index contributed by atoms with van der Waals surface area (Å²) in [6.45, 7) is 10.3. The molecule has 0 spiro atoms. The zero-order chi connectivity index (χ0) is 13.5. The van der Waals surface area contributed by atoms with E-state index in [-0.39, 0.29) is 0 Å². The van der Waals surface area contributed by atoms with Gasteiger partial charge in [-0.15, -0.1) is 0 Å². The maximum absolute atomic E-state index is 3.45. The van der Waals surface area contributed by atoms with Gasteiger partial charge in [-0.3, -0.25) is 0 Å². The average molecular weight is 258 g/mol. The molecule has 0 atom stereocenters. The van der Waals surface area contributed by atoms with Gasteiger partial charge in [0.05, 0.1) is 0 Å². The number of hydrogen-bond acceptors (Lipinski definition) is 2. The number of benzene rings is 1. The van der Waals surface area contributed by atoms with Gasteiger partial charge < -0.3 is 10.2 Å². The van der Waals surface area contributed by atoms with Gasteiger partial charge in [0.25, 0.3) is 0 Å². The van der Waals surface area contributed by atoms with Crippen LogP contribution < -0.4 is 5.32 Å². The fraction of sp³-hybridized carbons (Fsp3) is 0.529. The maximum atomic E-state index is 3.45. The molecule has 1 saturated heterocycles. The maximum Gasteiger partial charge on any atom is 0.0107 e. The van der Waals surface area contributed by atoms with Crippen molar-refractivity contribution in [3.05, 3.63) is 41.0 Å². The van der Waals surface area contributed by atoms with Crippen LogP contribution in [0.3, 0.4) is 0 Å². The summed E-state index contributed by atoms with van der Waals surface area (Å²) in [6.07, 6.45) is 7.01. The molecule has 1 fully saturated rings. The molecule has 2 nitrogen and oxygen atoms in total. The minimum Gasteiger partial charge on any atom is -0.315 e. The van der Waals surface area contributed by atoms with Crippen molar-refractivity contribution in [2.24, 2.45) is 0 Å². The van der Waals surface area contributed by atoms with E-state index in [1.54, 1.807) is 0 Å². The Labute approximate surface area is 117 Å². The highest BCUT2D eigenvalue weighted by molar-refractivity contribution is 5.54. The predicted octanol–water partition coefficient (Wildman–Crippen LogP) is 3.00. The summed E-state index contributed by atoms with van der Waals surface area (Å²) in [6, 6.07) is 6.66. The molecule has 1 aliphatic heterocycles. The Balaban J connectivity index is 1.79. The highest BCUT2D eigenvalue weighted by Crippen LogP contribution is 2.12. The fourth-order valence-electron chi connectivity index (χ4n) is 2.61. The topological polar surface area (TPSA) is 15.3 Å². The third-order valence-corrected chi connectivity index (χ3v) is 3.77. The normalized spacial score (nSPS) is 17.8. The Bertz CT molecular complexity index is 415. The summed E-state index contributed by atoms with van der Waals surface area (Å²) in [5.74, 6) is 0. The van der Waals surface area contributed by atoms with E-state index in [1.807, 2.05) is 0 Å². The van der Waals surface area contributed by atoms with Crippen LogP contribution in [0.15, 0.2) is 24.3 Å². The first-order chi connectivity index (χ1) is 9.25. The van der Waals surface area contributed by atoms with Crippen molar-refractivity contribution in [3.63, 3.8) is 0 Å². The van der Waals surface area contributed by atoms with E-state index >= 15 is 0 Å². The van der Waals surface area contributed by atoms with Crippen molar-refractivity contribution in [1.82, 2.24) is 10.2 Å². The molecule has 1 heterocycles. The van der Waals surface area contributed by atoms with Crippen molar-refractivity contribution >= 4 is 6.08 Å². The van der Waals surface area contributed by atoms with Crippen LogP contribution in [0.4, 0.5) is 0 Å². The number of aryl methyl sites for hydroxylation is 2. The van der Waals surface area contributed by atoms with Crippen LogP contribution in [-0.4, -0.2) is 37.6 Å². The third-order valence-electron chi connectivity index (χ3n) is 3.77. The Morgan fingerprint density at radius 3 is 2.95 bits per heavy atom. The first kappa shape index (κ1) is 14.3. The van der Waals surface area contributed by atoms with Crippen molar-refractivity contribution in [1.29, 1.82) is 0 Å². The highest BCUT2D eigenvalue weighted by Gasteiger charge is 2.06. The van der Waals surface area contributed by atoms with Crippen LogP contribution in [0.1, 0.15) is 29.5 Å². The Morgan fingerprint density at radius 1 is 1.21 bits per heavy atom. The minimum atomic E-state index is 1.14. The van der Waals surface area contributed by atoms with Gasteiger partial charge in [0.2, 0.25) is 0 Å². The Hall–Kier alpha value is -1.12. The number of nitrogens with one attached hydrogen (secondary N) is 1. The lowest BCUT2D eigenvalue weighted by Gasteiger charge is -2.17. The number of hydrogen-bond donors (Lipinski definition) is 1. The molecule has 0 aromatic heterocycles. The van der Waals surface area contributed by atoms with Gasteiger partial charge in [-0.1, -0.05) is 35.9 Å². The van der Waals surface area contributed by atoms with Crippen molar-refractivity contribution < 1.29 is 0 Å². The van der Waals surface area contributed by atoms with Crippen LogP contribution in [0.2, 0.25) is 0 Å². The van der Waals surface area contributed by atoms with Crippen LogP contribution in [-0.2, 0) is 0 Å². The molecule has 0 aliphatic carbocycles. The summed E-state index contributed by atoms with van der Waals surface area (Å²) in [4.78, 5) is 2.56. The molecule has 1 aromatic carbocycles. The van der Waals surface area contributed by atoms with Crippen molar-refractivity contribution in [3.8, 4) is 0 Å². The van der Waals surface area contributed by atoms with E-state index in [1.165, 1.54) is 49.3 Å². The Kier molecular flexibility index (Phi) is 5.62. The summed E-state index contributed by atoms with van der Waals surface area (Å²) >= 11 is 0. The summed E-state index contributed by atoms with van der Waals surface area (Å²) in [5, 5.41) is 3.45. The smallest absolute Gasteiger partial charge is 0.0107 e. The largest absolute Gasteiger partial charge is 0.315 e. The molecule has 0 radical (unpaired) electrons. The molecular weight excluding hydrogens is 232 g/mol. The summed E-state index contributed by atoms with van der Waals surface area (Å²) < 4.78 is 0. The fourth-order valence-corrected chi connectivity index (χ4v) is 2.61. The van der Waals surface area contributed by atoms with Gasteiger partial charge >= 0.3 is 0 Å². The second-order valence-corrected chi connectivity index (χ2v) is 5.50. The molecule has 1 aromatic rings. The van der Waals surface area contributed by atoms with Gasteiger partial charge in [0, 0.05) is 19.6 Å². The highest BCUT2D eigenvalue weighted by atomic mass is 15.1. The predicted molar refractivity (Wildman–Crippen MR) is 83.5 cm³/mol. The molecule has 104 valence electrons. The molecular formula is C17H26N2. The molecule has 2 heteroatoms. The van der Waals surface area contributed by atoms with E-state index in [4.69, 9.17) is 0 Å². The zero-order valence-corrected chi connectivity index (χ0v) is 12.3. The van der Waals surface area contributed by atoms with Crippen LogP contribution in [0.5, 0.6) is 0 Å². The van der Waals surface area contributed by atoms with Crippen LogP contribution in [0.25, 0.3) is 6.08 Å². The lowest BCUT2D eigenvalue weighted by Crippen LogP contribution is -2.28. The Morgan fingerprint density at radius 2 is 2.11 bits per heavy atom. The molecule has 19 heavy (non-hydrogen) atoms. The standard InChI is InChI=1S/C17H26N2/c1-15-7-8-17(16(2)14-15)6-3-4-11-19-12-5-9-18-10-13-19/h3,6-8,14,18H,4-5,9-13H2,1-2H3/b6-3+. The number of nitrogens with zero attached hydrogens (tertiary/aromatic N) is 1. The van der Waals surface area contributed by atoms with Crippen molar-refractivity contribution in [2.75, 3.05) is 32.7 Å². The number of rotatable bonds is 4. The third kappa shape index (κ3) is 4.81. The molecule has 0 unspecified atom stereocenters. The molecule has 0 amide bonds. The molecule has 2 rings (SSSR count). The van der Waals surface area contributed by atoms with E-state index in [0.29, 0.717) is 0 Å². The van der Waals surface area contributed by atoms with E-state index in [0.717, 1.165) is 13.0 Å². The monoisotopic (exact) mass is 258 g/mol. The zero-order valence-electron chi connectivity index (χ0n) is 12.3. The van der Waals surface area contributed by atoms with E-state index in [2.05, 4.69) is 54.4 Å². The van der Waals surface area contributed by atoms with Gasteiger partial charge in [0.15, 0.2) is 0 Å². The van der Waals surface area contributed by atoms with Gasteiger partial charge in [0.1, 0.15) is 0 Å². The second-order valence-electron chi connectivity index (χ2n) is 5.50. The molecule has 0 bridgehead atoms. The summed E-state index contributed by atoms with van der Waals surface area (Å²) in [7, 11) is 0. The van der Waals surface area contributed by atoms with Gasteiger partial charge in [-0.05, 0) is 50.9 Å². The lowest BCUT2D eigenvalue weighted by molar-refractivity contribution is 0.298. The van der Waals surface area contributed by atoms with Gasteiger partial charge in [-0.25, -0.2) is 0 Å². The van der Waals surface area contributed by atoms with Crippen molar-refractivity contribution in [2.45, 2.75) is 26.7 Å². The van der Waals surface area contributed by atoms with Gasteiger partial charge in [-0.2, -0.15) is 0 Å². The van der Waals surface area contributed by atoms with E-state index in [9.17, 15) is 0 Å². The average Bonchev–Trinajstić information content (AvgIpc) is 2.65. The first-order valence-electron chi connectivity index (χ1n) is 7.42. The lowest BCUT2D eigenvalue weighted by atomic mass is 10.1. The minimum absolute atomic E-state index is 1.14. The molecule has 1 aliphatic rings. The molecule has 1 N–H and O–H groups in total. The summed E-state index contributed by atoms with van der Waals surface area (Å²) in [5.41, 5.74) is 4.06. The quantitative estimate of drug-likeness (QED) is 0.893. The molecule has 0 saturated carbocycles. The first-order valence-corrected chi connectivity index (χ1v) is 7.42. The SMILES string of the molecule is Cc1ccc(/C=C/CCN2CCCNCC2)c(C)c1.